The van der Waals surface area contributed by atoms with Gasteiger partial charge in [0, 0.05) is 22.1 Å². The third-order valence-corrected chi connectivity index (χ3v) is 12.0. The van der Waals surface area contributed by atoms with E-state index in [1.54, 1.807) is 0 Å². The Morgan fingerprint density at radius 3 is 1.69 bits per heavy atom. The summed E-state index contributed by atoms with van der Waals surface area (Å²) in [5, 5.41) is 9.43. The average Bonchev–Trinajstić information content (AvgIpc) is 3.44. The molecule has 5 aliphatic rings. The molecule has 4 bridgehead atoms. The number of fused-ring (bicyclic) bond motifs is 3. The molecule has 4 saturated carbocycles. The minimum absolute atomic E-state index is 0.0227. The summed E-state index contributed by atoms with van der Waals surface area (Å²) >= 11 is 0. The molecule has 1 spiro atoms. The van der Waals surface area contributed by atoms with Gasteiger partial charge in [-0.1, -0.05) is 103 Å². The maximum Gasteiger partial charge on any atom is 0.164 e. The smallest absolute Gasteiger partial charge is 0.164 e. The van der Waals surface area contributed by atoms with Crippen LogP contribution < -0.4 is 0 Å². The predicted molar refractivity (Wildman–Crippen MR) is 190 cm³/mol. The van der Waals surface area contributed by atoms with Crippen LogP contribution in [0.2, 0.25) is 0 Å². The van der Waals surface area contributed by atoms with E-state index in [-0.39, 0.29) is 5.41 Å². The normalized spacial score (nSPS) is 24.3. The molecule has 4 heteroatoms. The molecule has 0 aliphatic heterocycles. The Morgan fingerprint density at radius 1 is 0.500 bits per heavy atom. The van der Waals surface area contributed by atoms with Gasteiger partial charge >= 0.3 is 0 Å². The van der Waals surface area contributed by atoms with Gasteiger partial charge in [-0.15, -0.1) is 0 Å². The number of nitriles is 1. The first-order valence-electron chi connectivity index (χ1n) is 17.3. The molecule has 0 saturated heterocycles. The van der Waals surface area contributed by atoms with Gasteiger partial charge in [0.15, 0.2) is 17.5 Å². The molecule has 230 valence electrons. The van der Waals surface area contributed by atoms with Crippen LogP contribution in [0.15, 0.2) is 121 Å². The Labute approximate surface area is 281 Å². The fourth-order valence-electron chi connectivity index (χ4n) is 10.3. The minimum Gasteiger partial charge on any atom is -0.208 e. The Kier molecular flexibility index (Phi) is 6.09. The van der Waals surface area contributed by atoms with Gasteiger partial charge in [-0.05, 0) is 107 Å². The summed E-state index contributed by atoms with van der Waals surface area (Å²) in [6, 6.07) is 44.9. The first-order chi connectivity index (χ1) is 23.7. The first kappa shape index (κ1) is 27.7. The van der Waals surface area contributed by atoms with Crippen LogP contribution in [0.4, 0.5) is 0 Å². The zero-order chi connectivity index (χ0) is 31.8. The zero-order valence-corrected chi connectivity index (χ0v) is 26.7. The largest absolute Gasteiger partial charge is 0.208 e. The molecule has 0 atom stereocenters. The molecule has 11 rings (SSSR count). The van der Waals surface area contributed by atoms with Crippen LogP contribution in [0.5, 0.6) is 0 Å². The Balaban J connectivity index is 1.23. The molecule has 1 heterocycles. The fraction of sp³-hybridized carbons (Fsp3) is 0.227. The summed E-state index contributed by atoms with van der Waals surface area (Å²) in [5.74, 6) is 5.15. The van der Waals surface area contributed by atoms with Gasteiger partial charge in [-0.25, -0.2) is 15.0 Å². The maximum absolute atomic E-state index is 9.43. The topological polar surface area (TPSA) is 62.5 Å². The molecule has 0 N–H and O–H groups in total. The van der Waals surface area contributed by atoms with E-state index in [0.29, 0.717) is 29.0 Å². The van der Waals surface area contributed by atoms with Crippen molar-refractivity contribution in [1.29, 1.82) is 5.26 Å². The summed E-state index contributed by atoms with van der Waals surface area (Å²) < 4.78 is 0. The second kappa shape index (κ2) is 10.6. The van der Waals surface area contributed by atoms with Gasteiger partial charge in [0.25, 0.3) is 0 Å². The number of aromatic nitrogens is 3. The lowest BCUT2D eigenvalue weighted by Crippen LogP contribution is -2.55. The minimum atomic E-state index is 0.0227. The third-order valence-electron chi connectivity index (χ3n) is 12.0. The summed E-state index contributed by atoms with van der Waals surface area (Å²) in [4.78, 5) is 15.4. The van der Waals surface area contributed by atoms with Crippen molar-refractivity contribution in [3.8, 4) is 62.5 Å². The highest BCUT2D eigenvalue weighted by Gasteiger charge is 2.61. The number of rotatable bonds is 4. The van der Waals surface area contributed by atoms with Gasteiger partial charge in [0.05, 0.1) is 11.6 Å². The molecule has 0 radical (unpaired) electrons. The molecule has 6 aromatic rings. The van der Waals surface area contributed by atoms with Crippen LogP contribution in [-0.2, 0) is 5.41 Å². The molecule has 5 aliphatic carbocycles. The van der Waals surface area contributed by atoms with Crippen LogP contribution in [-0.4, -0.2) is 15.0 Å². The highest BCUT2D eigenvalue weighted by molar-refractivity contribution is 5.94. The van der Waals surface area contributed by atoms with E-state index in [1.165, 1.54) is 59.9 Å². The maximum atomic E-state index is 9.43. The fourth-order valence-corrected chi connectivity index (χ4v) is 10.3. The average molecular weight is 619 g/mol. The predicted octanol–water partition coefficient (Wildman–Crippen LogP) is 10.1. The number of hydrogen-bond donors (Lipinski definition) is 0. The Bertz CT molecular complexity index is 2160. The van der Waals surface area contributed by atoms with E-state index < -0.39 is 0 Å². The van der Waals surface area contributed by atoms with E-state index >= 15 is 0 Å². The zero-order valence-electron chi connectivity index (χ0n) is 26.7. The lowest BCUT2D eigenvalue weighted by molar-refractivity contribution is -0.0399. The number of hydrogen-bond acceptors (Lipinski definition) is 4. The number of nitrogens with zero attached hydrogens (tertiary/aromatic N) is 4. The summed E-state index contributed by atoms with van der Waals surface area (Å²) in [7, 11) is 0. The van der Waals surface area contributed by atoms with Crippen LogP contribution in [0.3, 0.4) is 0 Å². The van der Waals surface area contributed by atoms with Crippen molar-refractivity contribution in [2.75, 3.05) is 0 Å². The van der Waals surface area contributed by atoms with Gasteiger partial charge in [0.1, 0.15) is 0 Å². The molecule has 0 unspecified atom stereocenters. The van der Waals surface area contributed by atoms with Gasteiger partial charge in [-0.2, -0.15) is 5.26 Å². The summed E-state index contributed by atoms with van der Waals surface area (Å²) in [5.41, 5.74) is 11.6. The quantitative estimate of drug-likeness (QED) is 0.197. The van der Waals surface area contributed by atoms with Crippen molar-refractivity contribution in [3.05, 3.63) is 138 Å². The van der Waals surface area contributed by atoms with E-state index in [1.807, 2.05) is 48.5 Å². The highest BCUT2D eigenvalue weighted by Crippen LogP contribution is 2.70. The van der Waals surface area contributed by atoms with Gasteiger partial charge in [0.2, 0.25) is 0 Å². The number of benzene rings is 5. The van der Waals surface area contributed by atoms with E-state index in [4.69, 9.17) is 15.0 Å². The molecule has 5 aromatic carbocycles. The van der Waals surface area contributed by atoms with Crippen LogP contribution in [0.25, 0.3) is 56.4 Å². The van der Waals surface area contributed by atoms with Gasteiger partial charge < -0.3 is 0 Å². The van der Waals surface area contributed by atoms with Crippen molar-refractivity contribution >= 4 is 0 Å². The standard InChI is InChI=1S/C44H34N4/c45-26-27-14-16-30(17-15-27)33-18-19-38-37(25-33)40-36(12-7-13-39(40)44(38)34-21-28-20-29(23-34)24-35(44)22-28)43-47-41(31-8-3-1-4-9-31)46-42(48-43)32-10-5-2-6-11-32/h1-19,25,28-29,34-35H,20-24H2. The summed E-state index contributed by atoms with van der Waals surface area (Å²) in [6.45, 7) is 0. The van der Waals surface area contributed by atoms with Crippen molar-refractivity contribution in [2.45, 2.75) is 37.5 Å². The van der Waals surface area contributed by atoms with Crippen LogP contribution in [0, 0.1) is 35.0 Å². The van der Waals surface area contributed by atoms with E-state index in [2.05, 4.69) is 78.9 Å². The second-order valence-electron chi connectivity index (χ2n) is 14.4. The Hall–Kier alpha value is -5.40. The van der Waals surface area contributed by atoms with Crippen molar-refractivity contribution in [1.82, 2.24) is 15.0 Å². The molecule has 4 fully saturated rings. The molecular weight excluding hydrogens is 585 g/mol. The van der Waals surface area contributed by atoms with Crippen molar-refractivity contribution in [2.24, 2.45) is 23.7 Å². The van der Waals surface area contributed by atoms with Gasteiger partial charge in [-0.3, -0.25) is 0 Å². The second-order valence-corrected chi connectivity index (χ2v) is 14.4. The Morgan fingerprint density at radius 2 is 1.08 bits per heavy atom. The molecular formula is C44H34N4. The first-order valence-corrected chi connectivity index (χ1v) is 17.3. The van der Waals surface area contributed by atoms with E-state index in [9.17, 15) is 5.26 Å². The van der Waals surface area contributed by atoms with Crippen molar-refractivity contribution in [3.63, 3.8) is 0 Å². The van der Waals surface area contributed by atoms with Crippen LogP contribution in [0.1, 0.15) is 48.8 Å². The summed E-state index contributed by atoms with van der Waals surface area (Å²) in [6.07, 6.45) is 6.74. The molecule has 4 nitrogen and oxygen atoms in total. The lowest BCUT2D eigenvalue weighted by Gasteiger charge is -2.61. The lowest BCUT2D eigenvalue weighted by atomic mass is 9.43. The van der Waals surface area contributed by atoms with E-state index in [0.717, 1.165) is 39.9 Å². The van der Waals surface area contributed by atoms with Crippen molar-refractivity contribution < 1.29 is 0 Å². The molecule has 48 heavy (non-hydrogen) atoms. The monoisotopic (exact) mass is 618 g/mol. The SMILES string of the molecule is N#Cc1ccc(-c2ccc3c(c2)-c2c(-c4nc(-c5ccccc5)nc(-c5ccccc5)n4)cccc2C32C3CC4CC(C3)CC2C4)cc1. The highest BCUT2D eigenvalue weighted by atomic mass is 15.0. The third kappa shape index (κ3) is 4.04. The molecule has 0 amide bonds. The molecule has 1 aromatic heterocycles. The van der Waals surface area contributed by atoms with Crippen LogP contribution >= 0.6 is 0 Å².